The summed E-state index contributed by atoms with van der Waals surface area (Å²) < 4.78 is 5.84. The highest BCUT2D eigenvalue weighted by Gasteiger charge is 2.22. The standard InChI is InChI=1S/C13H16BrNO4/c1-13(2,3)19-12(18)15(4)10-7-8(11(16)17)5-6-9(10)14/h5-7H,1-4H3,(H,16,17). The lowest BCUT2D eigenvalue weighted by atomic mass is 10.2. The molecule has 0 saturated carbocycles. The van der Waals surface area contributed by atoms with E-state index in [1.165, 1.54) is 24.1 Å². The van der Waals surface area contributed by atoms with Crippen LogP contribution >= 0.6 is 15.9 Å². The number of ether oxygens (including phenoxy) is 1. The summed E-state index contributed by atoms with van der Waals surface area (Å²) in [5.74, 6) is -1.05. The summed E-state index contributed by atoms with van der Waals surface area (Å²) in [6.07, 6.45) is -0.546. The number of halogens is 1. The predicted octanol–water partition coefficient (Wildman–Crippen LogP) is 3.52. The fraction of sp³-hybridized carbons (Fsp3) is 0.385. The first-order valence-electron chi connectivity index (χ1n) is 5.61. The van der Waals surface area contributed by atoms with Gasteiger partial charge in [0.1, 0.15) is 5.60 Å². The van der Waals surface area contributed by atoms with Crippen LogP contribution in [0.2, 0.25) is 0 Å². The number of carbonyl (C=O) groups is 2. The lowest BCUT2D eigenvalue weighted by Crippen LogP contribution is -2.34. The zero-order valence-corrected chi connectivity index (χ0v) is 12.8. The molecular weight excluding hydrogens is 314 g/mol. The number of carboxylic acids is 1. The molecule has 0 fully saturated rings. The van der Waals surface area contributed by atoms with Gasteiger partial charge in [-0.3, -0.25) is 4.90 Å². The van der Waals surface area contributed by atoms with E-state index in [9.17, 15) is 9.59 Å². The fourth-order valence-corrected chi connectivity index (χ4v) is 1.84. The molecule has 1 amide bonds. The molecule has 0 bridgehead atoms. The number of hydrogen-bond acceptors (Lipinski definition) is 3. The van der Waals surface area contributed by atoms with Crippen LogP contribution in [0.5, 0.6) is 0 Å². The number of nitrogens with zero attached hydrogens (tertiary/aromatic N) is 1. The summed E-state index contributed by atoms with van der Waals surface area (Å²) in [6.45, 7) is 5.30. The lowest BCUT2D eigenvalue weighted by molar-refractivity contribution is 0.0587. The molecule has 1 N–H and O–H groups in total. The monoisotopic (exact) mass is 329 g/mol. The van der Waals surface area contributed by atoms with Gasteiger partial charge in [-0.05, 0) is 54.9 Å². The summed E-state index contributed by atoms with van der Waals surface area (Å²) in [7, 11) is 1.53. The van der Waals surface area contributed by atoms with Gasteiger partial charge < -0.3 is 9.84 Å². The molecular formula is C13H16BrNO4. The van der Waals surface area contributed by atoms with E-state index in [-0.39, 0.29) is 5.56 Å². The molecule has 6 heteroatoms. The van der Waals surface area contributed by atoms with Crippen LogP contribution in [-0.4, -0.2) is 29.8 Å². The van der Waals surface area contributed by atoms with E-state index < -0.39 is 17.7 Å². The Morgan fingerprint density at radius 2 is 1.89 bits per heavy atom. The summed E-state index contributed by atoms with van der Waals surface area (Å²) in [4.78, 5) is 24.1. The molecule has 5 nitrogen and oxygen atoms in total. The molecule has 0 aliphatic rings. The van der Waals surface area contributed by atoms with Gasteiger partial charge in [0.2, 0.25) is 0 Å². The molecule has 0 heterocycles. The van der Waals surface area contributed by atoms with Crippen molar-refractivity contribution in [1.82, 2.24) is 0 Å². The second-order valence-corrected chi connectivity index (χ2v) is 5.87. The van der Waals surface area contributed by atoms with Crippen LogP contribution in [0.3, 0.4) is 0 Å². The first-order chi connectivity index (χ1) is 8.61. The third-order valence-electron chi connectivity index (χ3n) is 2.22. The zero-order chi connectivity index (χ0) is 14.8. The Balaban J connectivity index is 3.05. The number of aromatic carboxylic acids is 1. The quantitative estimate of drug-likeness (QED) is 0.901. The van der Waals surface area contributed by atoms with Crippen LogP contribution in [0.15, 0.2) is 22.7 Å². The molecule has 0 unspecified atom stereocenters. The van der Waals surface area contributed by atoms with Gasteiger partial charge in [0.25, 0.3) is 0 Å². The van der Waals surface area contributed by atoms with E-state index in [4.69, 9.17) is 9.84 Å². The number of benzene rings is 1. The minimum absolute atomic E-state index is 0.105. The normalized spacial score (nSPS) is 11.0. The first kappa shape index (κ1) is 15.5. The highest BCUT2D eigenvalue weighted by Crippen LogP contribution is 2.28. The van der Waals surface area contributed by atoms with Gasteiger partial charge in [0.05, 0.1) is 11.3 Å². The lowest BCUT2D eigenvalue weighted by Gasteiger charge is -2.25. The Morgan fingerprint density at radius 1 is 1.32 bits per heavy atom. The van der Waals surface area contributed by atoms with E-state index in [1.807, 2.05) is 0 Å². The molecule has 0 atom stereocenters. The molecule has 0 spiro atoms. The Hall–Kier alpha value is -1.56. The van der Waals surface area contributed by atoms with E-state index in [1.54, 1.807) is 26.8 Å². The number of amides is 1. The van der Waals surface area contributed by atoms with Crippen molar-refractivity contribution in [1.29, 1.82) is 0 Å². The van der Waals surface area contributed by atoms with Crippen molar-refractivity contribution in [2.45, 2.75) is 26.4 Å². The minimum atomic E-state index is -1.05. The van der Waals surface area contributed by atoms with Crippen molar-refractivity contribution >= 4 is 33.7 Å². The smallest absolute Gasteiger partial charge is 0.414 e. The van der Waals surface area contributed by atoms with Crippen molar-refractivity contribution in [3.63, 3.8) is 0 Å². The highest BCUT2D eigenvalue weighted by atomic mass is 79.9. The molecule has 0 aromatic heterocycles. The molecule has 0 radical (unpaired) electrons. The summed E-state index contributed by atoms with van der Waals surface area (Å²) in [5.41, 5.74) is -0.0647. The van der Waals surface area contributed by atoms with E-state index >= 15 is 0 Å². The molecule has 1 aromatic carbocycles. The molecule has 0 aliphatic heterocycles. The van der Waals surface area contributed by atoms with Gasteiger partial charge in [-0.25, -0.2) is 9.59 Å². The summed E-state index contributed by atoms with van der Waals surface area (Å²) in [6, 6.07) is 4.45. The molecule has 0 saturated heterocycles. The van der Waals surface area contributed by atoms with Gasteiger partial charge in [-0.1, -0.05) is 0 Å². The Bertz CT molecular complexity index is 508. The van der Waals surface area contributed by atoms with Gasteiger partial charge in [0.15, 0.2) is 0 Å². The Kier molecular flexibility index (Phi) is 4.57. The third-order valence-corrected chi connectivity index (χ3v) is 2.89. The van der Waals surface area contributed by atoms with Crippen molar-refractivity contribution in [2.24, 2.45) is 0 Å². The van der Waals surface area contributed by atoms with E-state index in [2.05, 4.69) is 15.9 Å². The average Bonchev–Trinajstić information content (AvgIpc) is 2.26. The van der Waals surface area contributed by atoms with E-state index in [0.29, 0.717) is 10.2 Å². The van der Waals surface area contributed by atoms with Crippen LogP contribution in [0.4, 0.5) is 10.5 Å². The molecule has 1 rings (SSSR count). The SMILES string of the molecule is CN(C(=O)OC(C)(C)C)c1cc(C(=O)O)ccc1Br. The van der Waals surface area contributed by atoms with Crippen LogP contribution in [0.1, 0.15) is 31.1 Å². The predicted molar refractivity (Wildman–Crippen MR) is 75.7 cm³/mol. The van der Waals surface area contributed by atoms with E-state index in [0.717, 1.165) is 0 Å². The van der Waals surface area contributed by atoms with Crippen LogP contribution in [-0.2, 0) is 4.74 Å². The molecule has 1 aromatic rings. The maximum absolute atomic E-state index is 11.9. The Labute approximate surface area is 120 Å². The highest BCUT2D eigenvalue weighted by molar-refractivity contribution is 9.10. The maximum atomic E-state index is 11.9. The van der Waals surface area contributed by atoms with Gasteiger partial charge in [-0.15, -0.1) is 0 Å². The Morgan fingerprint density at radius 3 is 2.37 bits per heavy atom. The summed E-state index contributed by atoms with van der Waals surface area (Å²) >= 11 is 3.29. The second kappa shape index (κ2) is 5.61. The van der Waals surface area contributed by atoms with Gasteiger partial charge >= 0.3 is 12.1 Å². The number of carboxylic acid groups (broad SMARTS) is 1. The first-order valence-corrected chi connectivity index (χ1v) is 6.40. The van der Waals surface area contributed by atoms with Crippen LogP contribution in [0.25, 0.3) is 0 Å². The van der Waals surface area contributed by atoms with Gasteiger partial charge in [0, 0.05) is 11.5 Å². The number of anilines is 1. The zero-order valence-electron chi connectivity index (χ0n) is 11.2. The topological polar surface area (TPSA) is 66.8 Å². The van der Waals surface area contributed by atoms with Crippen LogP contribution in [0, 0.1) is 0 Å². The minimum Gasteiger partial charge on any atom is -0.478 e. The largest absolute Gasteiger partial charge is 0.478 e. The van der Waals surface area contributed by atoms with Gasteiger partial charge in [-0.2, -0.15) is 0 Å². The molecule has 104 valence electrons. The van der Waals surface area contributed by atoms with Crippen LogP contribution < -0.4 is 4.90 Å². The second-order valence-electron chi connectivity index (χ2n) is 5.01. The molecule has 0 aliphatic carbocycles. The van der Waals surface area contributed by atoms with Crippen molar-refractivity contribution < 1.29 is 19.4 Å². The molecule has 19 heavy (non-hydrogen) atoms. The van der Waals surface area contributed by atoms with Crippen molar-refractivity contribution in [3.8, 4) is 0 Å². The van der Waals surface area contributed by atoms with Crippen molar-refractivity contribution in [2.75, 3.05) is 11.9 Å². The average molecular weight is 330 g/mol. The number of carbonyl (C=O) groups excluding carboxylic acids is 1. The third kappa shape index (κ3) is 4.24. The van der Waals surface area contributed by atoms with Crippen molar-refractivity contribution in [3.05, 3.63) is 28.2 Å². The fourth-order valence-electron chi connectivity index (χ4n) is 1.33. The number of rotatable bonds is 2. The summed E-state index contributed by atoms with van der Waals surface area (Å²) in [5, 5.41) is 8.96. The maximum Gasteiger partial charge on any atom is 0.414 e. The number of hydrogen-bond donors (Lipinski definition) is 1.